The second-order valence-corrected chi connectivity index (χ2v) is 9.08. The Kier molecular flexibility index (Phi) is 4.66. The van der Waals surface area contributed by atoms with Gasteiger partial charge in [-0.2, -0.15) is 0 Å². The van der Waals surface area contributed by atoms with Crippen LogP contribution < -0.4 is 0 Å². The van der Waals surface area contributed by atoms with Crippen molar-refractivity contribution in [1.29, 1.82) is 0 Å². The standard InChI is InChI=1S/C14H26OSe/c1-11(15)10-14(16-5)8-6-12(7-9-14)13(2,3)4/h12H,6-10H2,1-5H3. The Morgan fingerprint density at radius 3 is 2.12 bits per heavy atom. The molecule has 0 saturated heterocycles. The second kappa shape index (κ2) is 5.23. The van der Waals surface area contributed by atoms with E-state index in [4.69, 9.17) is 0 Å². The molecule has 0 atom stereocenters. The SMILES string of the molecule is C[Se]C1(CC(C)=O)CCC(C(C)(C)C)CC1. The predicted octanol–water partition coefficient (Wildman–Crippen LogP) is 4.11. The van der Waals surface area contributed by atoms with Crippen molar-refractivity contribution in [3.63, 3.8) is 0 Å². The molecule has 0 spiro atoms. The van der Waals surface area contributed by atoms with Crippen molar-refractivity contribution in [2.24, 2.45) is 11.3 Å². The maximum absolute atomic E-state index is 11.4. The fourth-order valence-electron chi connectivity index (χ4n) is 2.92. The summed E-state index contributed by atoms with van der Waals surface area (Å²) in [6.45, 7) is 8.82. The zero-order valence-corrected chi connectivity index (χ0v) is 13.1. The molecule has 0 amide bonds. The van der Waals surface area contributed by atoms with Crippen molar-refractivity contribution in [1.82, 2.24) is 0 Å². The number of hydrogen-bond acceptors (Lipinski definition) is 1. The summed E-state index contributed by atoms with van der Waals surface area (Å²) in [7, 11) is 0. The quantitative estimate of drug-likeness (QED) is 0.714. The average molecular weight is 289 g/mol. The fourth-order valence-corrected chi connectivity index (χ4v) is 5.00. The first-order valence-corrected chi connectivity index (χ1v) is 8.91. The van der Waals surface area contributed by atoms with Gasteiger partial charge in [0.25, 0.3) is 0 Å². The number of rotatable bonds is 3. The van der Waals surface area contributed by atoms with Crippen LogP contribution in [0.15, 0.2) is 0 Å². The van der Waals surface area contributed by atoms with Gasteiger partial charge in [0.05, 0.1) is 0 Å². The Morgan fingerprint density at radius 2 is 1.81 bits per heavy atom. The van der Waals surface area contributed by atoms with Crippen LogP contribution in [0, 0.1) is 11.3 Å². The van der Waals surface area contributed by atoms with Crippen LogP contribution in [-0.2, 0) is 4.79 Å². The zero-order chi connectivity index (χ0) is 12.4. The van der Waals surface area contributed by atoms with E-state index in [1.54, 1.807) is 6.92 Å². The minimum atomic E-state index is 0.387. The van der Waals surface area contributed by atoms with Gasteiger partial charge in [-0.3, -0.25) is 0 Å². The molecular weight excluding hydrogens is 263 g/mol. The molecule has 0 aromatic rings. The molecule has 1 aliphatic carbocycles. The van der Waals surface area contributed by atoms with Gasteiger partial charge in [0.15, 0.2) is 0 Å². The fraction of sp³-hybridized carbons (Fsp3) is 0.929. The molecule has 2 heteroatoms. The molecule has 1 rings (SSSR count). The summed E-state index contributed by atoms with van der Waals surface area (Å²) < 4.78 is 0.403. The van der Waals surface area contributed by atoms with Gasteiger partial charge < -0.3 is 0 Å². The Hall–Kier alpha value is 0.189. The molecule has 1 fully saturated rings. The molecule has 0 aromatic carbocycles. The van der Waals surface area contributed by atoms with Gasteiger partial charge in [0.1, 0.15) is 0 Å². The van der Waals surface area contributed by atoms with Gasteiger partial charge >= 0.3 is 107 Å². The first kappa shape index (κ1) is 14.3. The van der Waals surface area contributed by atoms with Gasteiger partial charge in [-0.25, -0.2) is 0 Å². The summed E-state index contributed by atoms with van der Waals surface area (Å²) >= 11 is 0.613. The van der Waals surface area contributed by atoms with Crippen LogP contribution in [0.5, 0.6) is 0 Å². The van der Waals surface area contributed by atoms with Gasteiger partial charge in [0, 0.05) is 0 Å². The van der Waals surface area contributed by atoms with E-state index in [0.717, 1.165) is 12.3 Å². The third kappa shape index (κ3) is 3.60. The summed E-state index contributed by atoms with van der Waals surface area (Å²) in [5, 5.41) is 0. The van der Waals surface area contributed by atoms with E-state index in [2.05, 4.69) is 26.6 Å². The third-order valence-electron chi connectivity index (χ3n) is 4.13. The van der Waals surface area contributed by atoms with Crippen LogP contribution in [0.3, 0.4) is 0 Å². The first-order chi connectivity index (χ1) is 7.29. The topological polar surface area (TPSA) is 17.1 Å². The van der Waals surface area contributed by atoms with Crippen LogP contribution in [0.4, 0.5) is 0 Å². The molecule has 0 bridgehead atoms. The average Bonchev–Trinajstić information content (AvgIpc) is 2.16. The van der Waals surface area contributed by atoms with Gasteiger partial charge in [-0.15, -0.1) is 0 Å². The van der Waals surface area contributed by atoms with Crippen LogP contribution in [0.25, 0.3) is 0 Å². The summed E-state index contributed by atoms with van der Waals surface area (Å²) in [5.41, 5.74) is 0.448. The first-order valence-electron chi connectivity index (χ1n) is 6.34. The predicted molar refractivity (Wildman–Crippen MR) is 71.0 cm³/mol. The molecule has 94 valence electrons. The summed E-state index contributed by atoms with van der Waals surface area (Å²) in [4.78, 5) is 11.4. The molecule has 1 saturated carbocycles. The van der Waals surface area contributed by atoms with Crippen LogP contribution >= 0.6 is 0 Å². The second-order valence-electron chi connectivity index (χ2n) is 6.41. The van der Waals surface area contributed by atoms with Crippen LogP contribution in [0.1, 0.15) is 59.8 Å². The summed E-state index contributed by atoms with van der Waals surface area (Å²) in [6.07, 6.45) is 6.05. The van der Waals surface area contributed by atoms with Crippen molar-refractivity contribution >= 4 is 20.7 Å². The molecule has 16 heavy (non-hydrogen) atoms. The van der Waals surface area contributed by atoms with Crippen molar-refractivity contribution in [2.45, 2.75) is 69.9 Å². The molecule has 0 unspecified atom stereocenters. The van der Waals surface area contributed by atoms with E-state index in [-0.39, 0.29) is 0 Å². The summed E-state index contributed by atoms with van der Waals surface area (Å²) in [6, 6.07) is 0. The van der Waals surface area contributed by atoms with E-state index in [9.17, 15) is 4.79 Å². The van der Waals surface area contributed by atoms with E-state index < -0.39 is 0 Å². The Balaban J connectivity index is 2.60. The van der Waals surface area contributed by atoms with Gasteiger partial charge in [-0.05, 0) is 0 Å². The van der Waals surface area contributed by atoms with E-state index in [1.165, 1.54) is 25.7 Å². The molecule has 0 aliphatic heterocycles. The molecular formula is C14H26OSe. The molecule has 0 N–H and O–H groups in total. The number of carbonyl (C=O) groups is 1. The number of carbonyl (C=O) groups excluding carboxylic acids is 1. The van der Waals surface area contributed by atoms with E-state index in [1.807, 2.05) is 0 Å². The van der Waals surface area contributed by atoms with E-state index in [0.29, 0.717) is 30.5 Å². The molecule has 1 aliphatic rings. The van der Waals surface area contributed by atoms with Crippen molar-refractivity contribution in [3.05, 3.63) is 0 Å². The van der Waals surface area contributed by atoms with Crippen LogP contribution in [0.2, 0.25) is 10.1 Å². The Labute approximate surface area is 107 Å². The van der Waals surface area contributed by atoms with E-state index >= 15 is 0 Å². The minimum absolute atomic E-state index is 0.387. The zero-order valence-electron chi connectivity index (χ0n) is 11.4. The van der Waals surface area contributed by atoms with Crippen LogP contribution in [-0.4, -0.2) is 20.7 Å². The number of Topliss-reactive ketones (excluding diaryl/α,β-unsaturated/α-hetero) is 1. The Morgan fingerprint density at radius 1 is 1.31 bits per heavy atom. The van der Waals surface area contributed by atoms with Crippen molar-refractivity contribution < 1.29 is 4.79 Å². The normalized spacial score (nSPS) is 31.4. The number of ketones is 1. The van der Waals surface area contributed by atoms with Gasteiger partial charge in [-0.1, -0.05) is 0 Å². The molecule has 0 heterocycles. The number of hydrogen-bond donors (Lipinski definition) is 0. The third-order valence-corrected chi connectivity index (χ3v) is 7.10. The van der Waals surface area contributed by atoms with Gasteiger partial charge in [0.2, 0.25) is 0 Å². The summed E-state index contributed by atoms with van der Waals surface area (Å²) in [5.74, 6) is 3.56. The molecule has 1 nitrogen and oxygen atoms in total. The maximum atomic E-state index is 11.4. The molecule has 0 radical (unpaired) electrons. The Bertz CT molecular complexity index is 244. The monoisotopic (exact) mass is 290 g/mol. The molecule has 0 aromatic heterocycles. The van der Waals surface area contributed by atoms with Crippen molar-refractivity contribution in [3.8, 4) is 0 Å². The van der Waals surface area contributed by atoms with Crippen molar-refractivity contribution in [2.75, 3.05) is 0 Å².